The summed E-state index contributed by atoms with van der Waals surface area (Å²) in [5, 5.41) is 10.0. The van der Waals surface area contributed by atoms with Crippen LogP contribution in [0.3, 0.4) is 0 Å². The maximum absolute atomic E-state index is 12.2. The molecule has 1 aliphatic rings. The van der Waals surface area contributed by atoms with Crippen molar-refractivity contribution < 1.29 is 13.5 Å². The van der Waals surface area contributed by atoms with Crippen molar-refractivity contribution in [3.8, 4) is 0 Å². The second-order valence-corrected chi connectivity index (χ2v) is 7.88. The first-order valence-corrected chi connectivity index (χ1v) is 8.37. The number of hydrogen-bond donors (Lipinski definition) is 1. The van der Waals surface area contributed by atoms with E-state index in [4.69, 9.17) is 0 Å². The van der Waals surface area contributed by atoms with Crippen LogP contribution in [0.1, 0.15) is 19.8 Å². The molecule has 0 saturated carbocycles. The van der Waals surface area contributed by atoms with E-state index in [1.165, 1.54) is 4.31 Å². The molecule has 1 fully saturated rings. The zero-order valence-corrected chi connectivity index (χ0v) is 13.1. The number of halogens is 1. The van der Waals surface area contributed by atoms with Gasteiger partial charge in [0.25, 0.3) is 0 Å². The number of β-amino-alcohol motifs (C(OH)–C–C–N with tert-alkyl or cyclic N) is 1. The molecule has 0 radical (unpaired) electrons. The molecule has 0 spiro atoms. The lowest BCUT2D eigenvalue weighted by molar-refractivity contribution is -0.0653. The van der Waals surface area contributed by atoms with E-state index in [2.05, 4.69) is 22.6 Å². The minimum Gasteiger partial charge on any atom is -0.387 e. The van der Waals surface area contributed by atoms with Gasteiger partial charge in [-0.15, -0.1) is 0 Å². The normalized spacial score (nSPS) is 19.5. The Bertz CT molecular complexity index is 521. The van der Waals surface area contributed by atoms with Gasteiger partial charge in [-0.25, -0.2) is 8.42 Å². The summed E-state index contributed by atoms with van der Waals surface area (Å²) in [6.45, 7) is 2.39. The van der Waals surface area contributed by atoms with Gasteiger partial charge in [-0.3, -0.25) is 0 Å². The Hall–Kier alpha value is -0.180. The molecule has 2 rings (SSSR count). The molecule has 4 nitrogen and oxygen atoms in total. The van der Waals surface area contributed by atoms with Crippen LogP contribution in [0.25, 0.3) is 0 Å². The van der Waals surface area contributed by atoms with Crippen LogP contribution in [-0.4, -0.2) is 36.5 Å². The summed E-state index contributed by atoms with van der Waals surface area (Å²) in [4.78, 5) is 0.293. The lowest BCUT2D eigenvalue weighted by atomic mass is 9.92. The molecule has 1 aromatic rings. The fraction of sp³-hybridized carbons (Fsp3) is 0.500. The zero-order chi connectivity index (χ0) is 13.4. The van der Waals surface area contributed by atoms with E-state index in [0.29, 0.717) is 11.3 Å². The highest BCUT2D eigenvalue weighted by Crippen LogP contribution is 2.31. The molecule has 100 valence electrons. The van der Waals surface area contributed by atoms with Gasteiger partial charge in [-0.05, 0) is 53.3 Å². The van der Waals surface area contributed by atoms with Crippen molar-refractivity contribution in [2.24, 2.45) is 0 Å². The van der Waals surface area contributed by atoms with Crippen molar-refractivity contribution in [1.29, 1.82) is 0 Å². The molecule has 1 aromatic carbocycles. The van der Waals surface area contributed by atoms with Crippen LogP contribution in [0.4, 0.5) is 0 Å². The highest BCUT2D eigenvalue weighted by atomic mass is 127. The lowest BCUT2D eigenvalue weighted by Gasteiger charge is -2.45. The minimum absolute atomic E-state index is 0.204. The largest absolute Gasteiger partial charge is 0.387 e. The third-order valence-corrected chi connectivity index (χ3v) is 5.63. The Morgan fingerprint density at radius 1 is 1.33 bits per heavy atom. The number of nitrogens with zero attached hydrogens (tertiary/aromatic N) is 1. The third-order valence-electron chi connectivity index (χ3n) is 3.11. The molecule has 1 heterocycles. The summed E-state index contributed by atoms with van der Waals surface area (Å²) in [5.74, 6) is 0. The summed E-state index contributed by atoms with van der Waals surface area (Å²) < 4.78 is 26.8. The summed E-state index contributed by atoms with van der Waals surface area (Å²) >= 11 is 2.13. The van der Waals surface area contributed by atoms with Gasteiger partial charge in [0.2, 0.25) is 10.0 Å². The fourth-order valence-corrected chi connectivity index (χ4v) is 4.12. The average Bonchev–Trinajstić information content (AvgIpc) is 2.26. The Balaban J connectivity index is 2.13. The number of benzene rings is 1. The quantitative estimate of drug-likeness (QED) is 0.810. The molecule has 0 aromatic heterocycles. The van der Waals surface area contributed by atoms with E-state index in [9.17, 15) is 13.5 Å². The smallest absolute Gasteiger partial charge is 0.243 e. The average molecular weight is 381 g/mol. The molecule has 1 N–H and O–H groups in total. The van der Waals surface area contributed by atoms with Crippen molar-refractivity contribution in [2.45, 2.75) is 30.3 Å². The standard InChI is InChI=1S/C12H16INO3S/c1-2-7-12(15)8-14(9-12)18(16,17)11-5-3-10(13)4-6-11/h3-6,15H,2,7-9H2,1H3. The Kier molecular flexibility index (Phi) is 4.01. The molecule has 0 atom stereocenters. The van der Waals surface area contributed by atoms with E-state index in [0.717, 1.165) is 9.99 Å². The first-order chi connectivity index (χ1) is 8.37. The predicted molar refractivity (Wildman–Crippen MR) is 77.8 cm³/mol. The topological polar surface area (TPSA) is 57.6 Å². The van der Waals surface area contributed by atoms with Gasteiger partial charge < -0.3 is 5.11 Å². The first-order valence-electron chi connectivity index (χ1n) is 5.85. The first kappa shape index (κ1) is 14.2. The third kappa shape index (κ3) is 2.71. The van der Waals surface area contributed by atoms with Gasteiger partial charge >= 0.3 is 0 Å². The Labute approximate surface area is 121 Å². The molecule has 0 amide bonds. The van der Waals surface area contributed by atoms with Crippen LogP contribution in [0.5, 0.6) is 0 Å². The summed E-state index contributed by atoms with van der Waals surface area (Å²) in [7, 11) is -3.44. The molecule has 0 aliphatic carbocycles. The van der Waals surface area contributed by atoms with Crippen LogP contribution < -0.4 is 0 Å². The van der Waals surface area contributed by atoms with Gasteiger partial charge in [-0.2, -0.15) is 4.31 Å². The van der Waals surface area contributed by atoms with E-state index in [1.807, 2.05) is 6.92 Å². The van der Waals surface area contributed by atoms with Crippen LogP contribution in [0.2, 0.25) is 0 Å². The zero-order valence-electron chi connectivity index (χ0n) is 10.1. The molecule has 0 bridgehead atoms. The summed E-state index contributed by atoms with van der Waals surface area (Å²) in [6, 6.07) is 6.75. The maximum atomic E-state index is 12.2. The van der Waals surface area contributed by atoms with Gasteiger partial charge in [0.1, 0.15) is 0 Å². The highest BCUT2D eigenvalue weighted by molar-refractivity contribution is 14.1. The van der Waals surface area contributed by atoms with Gasteiger partial charge in [0.05, 0.1) is 10.5 Å². The van der Waals surface area contributed by atoms with Crippen molar-refractivity contribution in [3.63, 3.8) is 0 Å². The molecular formula is C12H16INO3S. The molecule has 1 aliphatic heterocycles. The van der Waals surface area contributed by atoms with Crippen LogP contribution >= 0.6 is 22.6 Å². The Morgan fingerprint density at radius 3 is 2.39 bits per heavy atom. The van der Waals surface area contributed by atoms with Crippen molar-refractivity contribution >= 4 is 32.6 Å². The maximum Gasteiger partial charge on any atom is 0.243 e. The van der Waals surface area contributed by atoms with Crippen molar-refractivity contribution in [2.75, 3.05) is 13.1 Å². The second-order valence-electron chi connectivity index (χ2n) is 4.70. The van der Waals surface area contributed by atoms with E-state index >= 15 is 0 Å². The number of rotatable bonds is 4. The SMILES string of the molecule is CCCC1(O)CN(S(=O)(=O)c2ccc(I)cc2)C1. The fourth-order valence-electron chi connectivity index (χ4n) is 2.16. The summed E-state index contributed by atoms with van der Waals surface area (Å²) in [5.41, 5.74) is -0.828. The lowest BCUT2D eigenvalue weighted by Crippen LogP contribution is -2.63. The monoisotopic (exact) mass is 381 g/mol. The number of hydrogen-bond acceptors (Lipinski definition) is 3. The van der Waals surface area contributed by atoms with Gasteiger partial charge in [-0.1, -0.05) is 13.3 Å². The molecule has 1 saturated heterocycles. The molecule has 18 heavy (non-hydrogen) atoms. The second kappa shape index (κ2) is 5.07. The van der Waals surface area contributed by atoms with E-state index < -0.39 is 15.6 Å². The minimum atomic E-state index is -3.44. The number of aliphatic hydroxyl groups is 1. The van der Waals surface area contributed by atoms with Crippen molar-refractivity contribution in [3.05, 3.63) is 27.8 Å². The Morgan fingerprint density at radius 2 is 1.89 bits per heavy atom. The molecular weight excluding hydrogens is 365 g/mol. The number of sulfonamides is 1. The van der Waals surface area contributed by atoms with Crippen LogP contribution in [0, 0.1) is 3.57 Å². The van der Waals surface area contributed by atoms with Crippen LogP contribution in [-0.2, 0) is 10.0 Å². The predicted octanol–water partition coefficient (Wildman–Crippen LogP) is 1.83. The van der Waals surface area contributed by atoms with Crippen LogP contribution in [0.15, 0.2) is 29.2 Å². The van der Waals surface area contributed by atoms with Gasteiger partial charge in [0, 0.05) is 16.7 Å². The van der Waals surface area contributed by atoms with Gasteiger partial charge in [0.15, 0.2) is 0 Å². The summed E-state index contributed by atoms with van der Waals surface area (Å²) in [6.07, 6.45) is 1.50. The van der Waals surface area contributed by atoms with Crippen molar-refractivity contribution in [1.82, 2.24) is 4.31 Å². The highest BCUT2D eigenvalue weighted by Gasteiger charge is 2.46. The molecule has 6 heteroatoms. The molecule has 0 unspecified atom stereocenters. The van der Waals surface area contributed by atoms with E-state index in [1.54, 1.807) is 24.3 Å². The van der Waals surface area contributed by atoms with E-state index in [-0.39, 0.29) is 13.1 Å².